The molecule has 4 aromatic rings. The lowest BCUT2D eigenvalue weighted by Gasteiger charge is -2.25. The van der Waals surface area contributed by atoms with Gasteiger partial charge in [0.2, 0.25) is 4.80 Å². The van der Waals surface area contributed by atoms with Gasteiger partial charge in [-0.15, -0.1) is 16.4 Å². The van der Waals surface area contributed by atoms with E-state index in [2.05, 4.69) is 30.7 Å². The van der Waals surface area contributed by atoms with Crippen LogP contribution >= 0.6 is 27.3 Å². The molecule has 5 rings (SSSR count). The first-order valence-electron chi connectivity index (χ1n) is 11.8. The van der Waals surface area contributed by atoms with Crippen molar-refractivity contribution in [2.45, 2.75) is 38.1 Å². The second kappa shape index (κ2) is 10.8. The molecule has 0 atom stereocenters. The van der Waals surface area contributed by atoms with Crippen LogP contribution in [0.15, 0.2) is 71.7 Å². The summed E-state index contributed by atoms with van der Waals surface area (Å²) in [5.74, 6) is 1.29. The van der Waals surface area contributed by atoms with Gasteiger partial charge in [0, 0.05) is 21.3 Å². The zero-order valence-electron chi connectivity index (χ0n) is 20.1. The molecule has 36 heavy (non-hydrogen) atoms. The lowest BCUT2D eigenvalue weighted by atomic mass is 9.95. The van der Waals surface area contributed by atoms with Gasteiger partial charge >= 0.3 is 5.63 Å². The van der Waals surface area contributed by atoms with Gasteiger partial charge in [0.25, 0.3) is 0 Å². The molecule has 2 aromatic carbocycles. The van der Waals surface area contributed by atoms with Gasteiger partial charge in [0.05, 0.1) is 31.7 Å². The molecule has 0 amide bonds. The summed E-state index contributed by atoms with van der Waals surface area (Å²) in [6, 6.07) is 13.4. The second-order valence-electron chi connectivity index (χ2n) is 8.65. The van der Waals surface area contributed by atoms with E-state index in [1.165, 1.54) is 17.8 Å². The van der Waals surface area contributed by atoms with E-state index >= 15 is 0 Å². The number of hydrogen-bond acceptors (Lipinski definition) is 7. The third kappa shape index (κ3) is 5.03. The van der Waals surface area contributed by atoms with Crippen LogP contribution in [0, 0.1) is 0 Å². The number of thiazole rings is 1. The molecule has 0 aliphatic heterocycles. The Kier molecular flexibility index (Phi) is 7.38. The molecule has 0 N–H and O–H groups in total. The van der Waals surface area contributed by atoms with Gasteiger partial charge in [0.1, 0.15) is 5.58 Å². The fourth-order valence-corrected chi connectivity index (χ4v) is 5.92. The van der Waals surface area contributed by atoms with Crippen LogP contribution in [0.4, 0.5) is 0 Å². The molecular weight excluding hydrogens is 542 g/mol. The highest BCUT2D eigenvalue weighted by Gasteiger charge is 2.22. The molecular formula is C27H26BrN3O4S. The number of ether oxygens (including phenoxy) is 2. The molecule has 186 valence electrons. The second-order valence-corrected chi connectivity index (χ2v) is 10.4. The normalized spacial score (nSPS) is 15.1. The number of hydrogen-bond donors (Lipinski definition) is 0. The molecule has 1 fully saturated rings. The molecule has 2 heterocycles. The van der Waals surface area contributed by atoms with Crippen LogP contribution in [0.2, 0.25) is 0 Å². The number of methoxy groups -OCH3 is 2. The lowest BCUT2D eigenvalue weighted by Crippen LogP contribution is -2.24. The van der Waals surface area contributed by atoms with Crippen LogP contribution in [-0.4, -0.2) is 25.0 Å². The summed E-state index contributed by atoms with van der Waals surface area (Å²) in [6.45, 7) is 0. The highest BCUT2D eigenvalue weighted by Crippen LogP contribution is 2.32. The smallest absolute Gasteiger partial charge is 0.345 e. The van der Waals surface area contributed by atoms with Gasteiger partial charge in [-0.2, -0.15) is 5.10 Å². The molecule has 0 radical (unpaired) electrons. The van der Waals surface area contributed by atoms with Crippen LogP contribution in [0.1, 0.15) is 43.7 Å². The van der Waals surface area contributed by atoms with Crippen molar-refractivity contribution >= 4 is 44.5 Å². The zero-order valence-corrected chi connectivity index (χ0v) is 22.5. The number of fused-ring (bicyclic) bond motifs is 1. The average molecular weight is 568 g/mol. The first-order valence-corrected chi connectivity index (χ1v) is 13.5. The van der Waals surface area contributed by atoms with Crippen molar-refractivity contribution in [3.8, 4) is 22.8 Å². The highest BCUT2D eigenvalue weighted by molar-refractivity contribution is 9.10. The summed E-state index contributed by atoms with van der Waals surface area (Å²) < 4.78 is 19.5. The quantitative estimate of drug-likeness (QED) is 0.150. The van der Waals surface area contributed by atoms with Crippen LogP contribution in [0.25, 0.3) is 22.2 Å². The monoisotopic (exact) mass is 567 g/mol. The Morgan fingerprint density at radius 3 is 2.64 bits per heavy atom. The molecule has 2 aromatic heterocycles. The van der Waals surface area contributed by atoms with E-state index in [0.29, 0.717) is 22.6 Å². The van der Waals surface area contributed by atoms with Gasteiger partial charge in [-0.25, -0.2) is 4.79 Å². The Balaban J connectivity index is 1.58. The average Bonchev–Trinajstić information content (AvgIpc) is 3.32. The standard InChI is InChI=1S/C27H26BrN3O4S/c1-33-24-10-8-17(12-25(24)34-2)15-29-30-27-31(20-6-4-3-5-7-20)22(16-36-27)21-14-18-13-19(28)9-11-23(18)35-26(21)32/h8-16,20H,3-7H2,1-2H3/b29-15+,30-27-. The van der Waals surface area contributed by atoms with E-state index in [0.717, 1.165) is 51.6 Å². The summed E-state index contributed by atoms with van der Waals surface area (Å²) in [5.41, 5.74) is 2.41. The van der Waals surface area contributed by atoms with Gasteiger partial charge in [0.15, 0.2) is 11.5 Å². The predicted molar refractivity (Wildman–Crippen MR) is 146 cm³/mol. The number of rotatable bonds is 6. The van der Waals surface area contributed by atoms with E-state index < -0.39 is 0 Å². The number of benzene rings is 2. The van der Waals surface area contributed by atoms with Gasteiger partial charge in [-0.3, -0.25) is 0 Å². The minimum atomic E-state index is -0.354. The fraction of sp³-hybridized carbons (Fsp3) is 0.296. The SMILES string of the molecule is COc1ccc(/C=N/N=c2\scc(-c3cc4cc(Br)ccc4oc3=O)n2C2CCCCC2)cc1OC. The first-order chi connectivity index (χ1) is 17.6. The van der Waals surface area contributed by atoms with Crippen LogP contribution in [-0.2, 0) is 0 Å². The Morgan fingerprint density at radius 1 is 1.06 bits per heavy atom. The summed E-state index contributed by atoms with van der Waals surface area (Å²) >= 11 is 4.99. The fourth-order valence-electron chi connectivity index (χ4n) is 4.63. The lowest BCUT2D eigenvalue weighted by molar-refractivity contribution is 0.350. The van der Waals surface area contributed by atoms with Gasteiger partial charge in [-0.05, 0) is 60.9 Å². The zero-order chi connectivity index (χ0) is 25.1. The van der Waals surface area contributed by atoms with E-state index in [9.17, 15) is 4.79 Å². The highest BCUT2D eigenvalue weighted by atomic mass is 79.9. The maximum atomic E-state index is 13.0. The van der Waals surface area contributed by atoms with Gasteiger partial charge in [-0.1, -0.05) is 35.2 Å². The molecule has 0 saturated heterocycles. The topological polar surface area (TPSA) is 78.3 Å². The summed E-state index contributed by atoms with van der Waals surface area (Å²) in [5, 5.41) is 11.8. The summed E-state index contributed by atoms with van der Waals surface area (Å²) in [4.78, 5) is 13.8. The number of nitrogens with zero attached hydrogens (tertiary/aromatic N) is 3. The molecule has 0 spiro atoms. The van der Waals surface area contributed by atoms with E-state index in [1.54, 1.807) is 26.5 Å². The molecule has 0 unspecified atom stereocenters. The van der Waals surface area contributed by atoms with Crippen LogP contribution < -0.4 is 19.9 Å². The Bertz CT molecular complexity index is 1550. The largest absolute Gasteiger partial charge is 0.493 e. The van der Waals surface area contributed by atoms with Crippen molar-refractivity contribution in [3.05, 3.63) is 73.1 Å². The minimum Gasteiger partial charge on any atom is -0.493 e. The Hall–Kier alpha value is -3.17. The summed E-state index contributed by atoms with van der Waals surface area (Å²) in [6.07, 6.45) is 7.31. The first kappa shape index (κ1) is 24.5. The van der Waals surface area contributed by atoms with E-state index in [-0.39, 0.29) is 11.7 Å². The molecule has 9 heteroatoms. The van der Waals surface area contributed by atoms with Crippen molar-refractivity contribution in [1.82, 2.24) is 4.57 Å². The van der Waals surface area contributed by atoms with Gasteiger partial charge < -0.3 is 18.5 Å². The molecule has 1 aliphatic carbocycles. The predicted octanol–water partition coefficient (Wildman–Crippen LogP) is 6.54. The Morgan fingerprint density at radius 2 is 1.86 bits per heavy atom. The molecule has 1 saturated carbocycles. The molecule has 0 bridgehead atoms. The molecule has 7 nitrogen and oxygen atoms in total. The van der Waals surface area contributed by atoms with Crippen molar-refractivity contribution in [2.24, 2.45) is 10.2 Å². The number of aromatic nitrogens is 1. The Labute approximate surface area is 220 Å². The van der Waals surface area contributed by atoms with Crippen molar-refractivity contribution < 1.29 is 13.9 Å². The van der Waals surface area contributed by atoms with E-state index in [1.807, 2.05) is 41.8 Å². The van der Waals surface area contributed by atoms with Crippen LogP contribution in [0.5, 0.6) is 11.5 Å². The van der Waals surface area contributed by atoms with Crippen LogP contribution in [0.3, 0.4) is 0 Å². The van der Waals surface area contributed by atoms with Crippen molar-refractivity contribution in [3.63, 3.8) is 0 Å². The third-order valence-corrected chi connectivity index (χ3v) is 7.73. The maximum Gasteiger partial charge on any atom is 0.345 e. The molecule has 1 aliphatic rings. The summed E-state index contributed by atoms with van der Waals surface area (Å²) in [7, 11) is 3.21. The van der Waals surface area contributed by atoms with E-state index in [4.69, 9.17) is 13.9 Å². The third-order valence-electron chi connectivity index (χ3n) is 6.41. The van der Waals surface area contributed by atoms with Crippen molar-refractivity contribution in [2.75, 3.05) is 14.2 Å². The minimum absolute atomic E-state index is 0.257. The van der Waals surface area contributed by atoms with Crippen molar-refractivity contribution in [1.29, 1.82) is 0 Å². The number of halogens is 1. The maximum absolute atomic E-state index is 13.0.